The first-order valence-corrected chi connectivity index (χ1v) is 20.6. The maximum Gasteiger partial charge on any atom is 0.326 e. The number of carbonyl (C=O) groups excluding carboxylic acids is 6. The van der Waals surface area contributed by atoms with Crippen molar-refractivity contribution in [2.45, 2.75) is 116 Å². The number of nitrogens with one attached hydrogen (secondary N) is 4. The number of benzene rings is 1. The highest BCUT2D eigenvalue weighted by molar-refractivity contribution is 8.00. The Bertz CT molecular complexity index is 1730. The van der Waals surface area contributed by atoms with Crippen molar-refractivity contribution in [3.05, 3.63) is 47.5 Å². The van der Waals surface area contributed by atoms with E-state index in [1.807, 2.05) is 78.8 Å². The van der Waals surface area contributed by atoms with Crippen molar-refractivity contribution >= 4 is 59.1 Å². The topological polar surface area (TPSA) is 258 Å². The van der Waals surface area contributed by atoms with Gasteiger partial charge in [-0.3, -0.25) is 38.5 Å². The maximum absolute atomic E-state index is 14.2. The largest absolute Gasteiger partial charge is 0.480 e. The summed E-state index contributed by atoms with van der Waals surface area (Å²) in [6.45, 7) is 14.4. The fourth-order valence-corrected chi connectivity index (χ4v) is 7.78. The Morgan fingerprint density at radius 3 is 2.12 bits per heavy atom. The summed E-state index contributed by atoms with van der Waals surface area (Å²) >= 11 is 0.976. The number of nitrogens with zero attached hydrogens (tertiary/aromatic N) is 2. The highest BCUT2D eigenvalue weighted by atomic mass is 32.2. The minimum Gasteiger partial charge on any atom is -0.480 e. The van der Waals surface area contributed by atoms with E-state index in [1.54, 1.807) is 20.2 Å². The van der Waals surface area contributed by atoms with E-state index in [4.69, 9.17) is 10.8 Å². The molecule has 1 heterocycles. The van der Waals surface area contributed by atoms with Gasteiger partial charge in [0.25, 0.3) is 0 Å². The Kier molecular flexibility index (Phi) is 18.8. The van der Waals surface area contributed by atoms with E-state index in [0.29, 0.717) is 0 Å². The van der Waals surface area contributed by atoms with Crippen LogP contribution in [0.5, 0.6) is 0 Å². The van der Waals surface area contributed by atoms with Crippen molar-refractivity contribution in [1.82, 2.24) is 31.1 Å². The number of imide groups is 1. The third-order valence-corrected chi connectivity index (χ3v) is 11.7. The van der Waals surface area contributed by atoms with E-state index >= 15 is 0 Å². The van der Waals surface area contributed by atoms with Crippen LogP contribution in [0.3, 0.4) is 0 Å². The molecule has 6 atom stereocenters. The number of carboxylic acids is 2. The van der Waals surface area contributed by atoms with Crippen molar-refractivity contribution in [3.8, 4) is 0 Å². The number of likely N-dealkylation sites (tertiary alicyclic amines) is 1. The fourth-order valence-electron chi connectivity index (χ4n) is 6.67. The number of rotatable bonds is 22. The van der Waals surface area contributed by atoms with Gasteiger partial charge in [-0.15, -0.1) is 11.8 Å². The molecule has 328 valence electrons. The van der Waals surface area contributed by atoms with Gasteiger partial charge in [-0.2, -0.15) is 0 Å². The molecule has 1 aromatic carbocycles. The SMILES string of the molecule is CN[C@H](C(=O)N[C@H](C(=O)N(C)[C@H](/C=C(\C)C(=O)N[C@@H](CCC(=O)NCCN1C(=O)CC(SC[C@H](N)C(=O)O)C1=O)C(=O)O)C(C)C)C(C)(C)C)C(C)(C)c1ccccc1. The Labute approximate surface area is 351 Å². The van der Waals surface area contributed by atoms with Crippen molar-refractivity contribution in [3.63, 3.8) is 0 Å². The molecule has 0 aromatic heterocycles. The van der Waals surface area contributed by atoms with Gasteiger partial charge in [0.05, 0.1) is 17.3 Å². The van der Waals surface area contributed by atoms with Crippen LogP contribution in [0, 0.1) is 11.3 Å². The molecule has 0 saturated carbocycles. The molecule has 0 aliphatic carbocycles. The minimum atomic E-state index is -1.44. The van der Waals surface area contributed by atoms with Gasteiger partial charge >= 0.3 is 11.9 Å². The first-order chi connectivity index (χ1) is 27.3. The summed E-state index contributed by atoms with van der Waals surface area (Å²) in [6, 6.07) is 4.71. The second-order valence-electron chi connectivity index (χ2n) is 16.8. The molecule has 0 spiro atoms. The fraction of sp³-hybridized carbons (Fsp3) is 0.610. The lowest BCUT2D eigenvalue weighted by Crippen LogP contribution is -2.61. The van der Waals surface area contributed by atoms with Crippen LogP contribution in [0.4, 0.5) is 0 Å². The van der Waals surface area contributed by atoms with Gasteiger partial charge in [0.15, 0.2) is 0 Å². The number of likely N-dealkylation sites (N-methyl/N-ethyl adjacent to an activating group) is 2. The second-order valence-corrected chi connectivity index (χ2v) is 18.0. The van der Waals surface area contributed by atoms with Gasteiger partial charge in [0.2, 0.25) is 35.4 Å². The van der Waals surface area contributed by atoms with E-state index in [9.17, 15) is 43.5 Å². The number of amides is 6. The molecular weight excluding hydrogens is 783 g/mol. The maximum atomic E-state index is 14.2. The zero-order valence-electron chi connectivity index (χ0n) is 35.8. The van der Waals surface area contributed by atoms with Gasteiger partial charge < -0.3 is 42.1 Å². The molecule has 1 unspecified atom stereocenters. The third kappa shape index (κ3) is 14.2. The molecule has 1 aliphatic rings. The zero-order valence-corrected chi connectivity index (χ0v) is 36.6. The molecule has 8 N–H and O–H groups in total. The number of aliphatic carboxylic acids is 2. The lowest BCUT2D eigenvalue weighted by Gasteiger charge is -2.40. The highest BCUT2D eigenvalue weighted by Crippen LogP contribution is 2.29. The molecule has 6 amide bonds. The summed E-state index contributed by atoms with van der Waals surface area (Å²) in [6.07, 6.45) is 0.891. The normalized spacial score (nSPS) is 17.5. The summed E-state index contributed by atoms with van der Waals surface area (Å²) < 4.78 is 0. The Hall–Kier alpha value is -4.81. The quantitative estimate of drug-likeness (QED) is 0.0642. The summed E-state index contributed by atoms with van der Waals surface area (Å²) in [4.78, 5) is 105. The average molecular weight is 846 g/mol. The number of thioether (sulfide) groups is 1. The Balaban J connectivity index is 2.07. The lowest BCUT2D eigenvalue weighted by molar-refractivity contribution is -0.142. The van der Waals surface area contributed by atoms with Gasteiger partial charge in [-0.1, -0.05) is 84.9 Å². The number of hydrogen-bond donors (Lipinski definition) is 7. The van der Waals surface area contributed by atoms with Crippen LogP contribution in [0.1, 0.15) is 80.2 Å². The van der Waals surface area contributed by atoms with Crippen LogP contribution in [0.15, 0.2) is 42.0 Å². The molecule has 0 bridgehead atoms. The number of carbonyl (C=O) groups is 8. The predicted molar refractivity (Wildman–Crippen MR) is 224 cm³/mol. The lowest BCUT2D eigenvalue weighted by atomic mass is 9.76. The van der Waals surface area contributed by atoms with E-state index in [-0.39, 0.29) is 61.4 Å². The molecule has 1 aromatic rings. The van der Waals surface area contributed by atoms with E-state index < -0.39 is 81.9 Å². The Morgan fingerprint density at radius 2 is 1.59 bits per heavy atom. The van der Waals surface area contributed by atoms with Crippen LogP contribution in [-0.2, 0) is 43.8 Å². The van der Waals surface area contributed by atoms with Crippen molar-refractivity contribution in [1.29, 1.82) is 0 Å². The first kappa shape index (κ1) is 50.3. The van der Waals surface area contributed by atoms with E-state index in [1.165, 1.54) is 11.8 Å². The molecule has 17 nitrogen and oxygen atoms in total. The van der Waals surface area contributed by atoms with Crippen LogP contribution in [0.25, 0.3) is 0 Å². The molecule has 1 saturated heterocycles. The number of carboxylic acid groups (broad SMARTS) is 2. The predicted octanol–water partition coefficient (Wildman–Crippen LogP) is 1.25. The third-order valence-electron chi connectivity index (χ3n) is 10.4. The smallest absolute Gasteiger partial charge is 0.326 e. The first-order valence-electron chi connectivity index (χ1n) is 19.6. The van der Waals surface area contributed by atoms with Gasteiger partial charge in [-0.05, 0) is 37.3 Å². The molecule has 59 heavy (non-hydrogen) atoms. The summed E-state index contributed by atoms with van der Waals surface area (Å²) in [7, 11) is 3.28. The number of hydrogen-bond acceptors (Lipinski definition) is 11. The molecular formula is C41H63N7O10S. The average Bonchev–Trinajstić information content (AvgIpc) is 3.43. The van der Waals surface area contributed by atoms with Crippen LogP contribution < -0.4 is 27.0 Å². The van der Waals surface area contributed by atoms with Gasteiger partial charge in [-0.25, -0.2) is 4.79 Å². The van der Waals surface area contributed by atoms with Crippen LogP contribution in [-0.4, -0.2) is 136 Å². The standard InChI is InChI=1S/C41H63N7O10S/c1-23(2)28(47(10)37(54)33(40(4,5)6)46-35(52)32(43-9)41(7,8)25-14-12-11-13-15-25)20-24(3)34(51)45-27(39(57)58)16-17-30(49)44-18-19-48-31(50)21-29(36(48)53)59-22-26(42)38(55)56/h11-15,20,23,26-29,32-33,43H,16-19,21-22,42H2,1-10H3,(H,44,49)(H,45,51)(H,46,52)(H,55,56)(H,57,58)/b24-20+/t26-,27-,28+,29?,32+,33+/m0/s1. The summed E-state index contributed by atoms with van der Waals surface area (Å²) in [5.41, 5.74) is 5.22. The minimum absolute atomic E-state index is 0.0548. The monoisotopic (exact) mass is 845 g/mol. The van der Waals surface area contributed by atoms with Crippen LogP contribution >= 0.6 is 11.8 Å². The summed E-state index contributed by atoms with van der Waals surface area (Å²) in [5.74, 6) is -5.85. The van der Waals surface area contributed by atoms with Crippen LogP contribution in [0.2, 0.25) is 0 Å². The van der Waals surface area contributed by atoms with Crippen molar-refractivity contribution < 1.29 is 48.6 Å². The molecule has 1 fully saturated rings. The van der Waals surface area contributed by atoms with Gasteiger partial charge in [0.1, 0.15) is 18.1 Å². The number of nitrogens with two attached hydrogens (primary N) is 1. The molecule has 2 rings (SSSR count). The van der Waals surface area contributed by atoms with Gasteiger partial charge in [0, 0.05) is 49.7 Å². The van der Waals surface area contributed by atoms with Crippen molar-refractivity contribution in [2.75, 3.05) is 32.9 Å². The highest BCUT2D eigenvalue weighted by Gasteiger charge is 2.42. The molecule has 1 aliphatic heterocycles. The van der Waals surface area contributed by atoms with E-state index in [0.717, 1.165) is 22.2 Å². The van der Waals surface area contributed by atoms with Crippen molar-refractivity contribution in [2.24, 2.45) is 17.1 Å². The molecule has 0 radical (unpaired) electrons. The Morgan fingerprint density at radius 1 is 0.983 bits per heavy atom. The summed E-state index contributed by atoms with van der Waals surface area (Å²) in [5, 5.41) is 29.1. The second kappa shape index (κ2) is 22.0. The molecule has 18 heteroatoms. The van der Waals surface area contributed by atoms with E-state index in [2.05, 4.69) is 21.3 Å². The zero-order chi connectivity index (χ0) is 45.0.